The van der Waals surface area contributed by atoms with Crippen LogP contribution in [0.15, 0.2) is 30.3 Å². The highest BCUT2D eigenvalue weighted by atomic mass is 16.4. The minimum atomic E-state index is -1.20. The van der Waals surface area contributed by atoms with Crippen molar-refractivity contribution in [3.63, 3.8) is 0 Å². The molecule has 0 aliphatic heterocycles. The number of aliphatic carboxylic acids is 1. The first kappa shape index (κ1) is 30.0. The highest BCUT2D eigenvalue weighted by molar-refractivity contribution is 5.94. The summed E-state index contributed by atoms with van der Waals surface area (Å²) in [6, 6.07) is 5.14. The molecule has 0 saturated heterocycles. The van der Waals surface area contributed by atoms with E-state index in [9.17, 15) is 19.2 Å². The van der Waals surface area contributed by atoms with E-state index in [1.54, 1.807) is 24.3 Å². The topological polar surface area (TPSA) is 203 Å². The molecule has 0 bridgehead atoms. The normalized spacial score (nSPS) is 14.3. The predicted molar refractivity (Wildman–Crippen MR) is 133 cm³/mol. The highest BCUT2D eigenvalue weighted by Gasteiger charge is 2.29. The van der Waals surface area contributed by atoms with Crippen LogP contribution in [-0.2, 0) is 25.6 Å². The van der Waals surface area contributed by atoms with E-state index >= 15 is 0 Å². The maximum Gasteiger partial charge on any atom is 0.325 e. The van der Waals surface area contributed by atoms with Crippen LogP contribution in [0.25, 0.3) is 0 Å². The van der Waals surface area contributed by atoms with E-state index in [2.05, 4.69) is 16.0 Å². The summed E-state index contributed by atoms with van der Waals surface area (Å²) in [5.74, 6) is -2.84. The number of carboxylic acid groups (broad SMARTS) is 1. The Labute approximate surface area is 206 Å². The number of carbonyl (C=O) groups is 4. The van der Waals surface area contributed by atoms with Gasteiger partial charge in [0, 0.05) is 6.42 Å². The van der Waals surface area contributed by atoms with E-state index in [1.165, 1.54) is 6.92 Å². The van der Waals surface area contributed by atoms with Crippen molar-refractivity contribution in [2.75, 3.05) is 13.1 Å². The predicted octanol–water partition coefficient (Wildman–Crippen LogP) is -0.627. The van der Waals surface area contributed by atoms with Crippen molar-refractivity contribution in [2.24, 2.45) is 17.2 Å². The van der Waals surface area contributed by atoms with Gasteiger partial charge in [0.1, 0.15) is 18.1 Å². The number of amides is 3. The first-order valence-electron chi connectivity index (χ1n) is 12.0. The molecule has 10 N–H and O–H groups in total. The van der Waals surface area contributed by atoms with Gasteiger partial charge in [-0.25, -0.2) is 0 Å². The largest absolute Gasteiger partial charge is 0.480 e. The monoisotopic (exact) mass is 492 g/mol. The van der Waals surface area contributed by atoms with Crippen molar-refractivity contribution < 1.29 is 24.3 Å². The zero-order chi connectivity index (χ0) is 26.2. The molecular formula is C24H40N6O5. The quantitative estimate of drug-likeness (QED) is 0.139. The Morgan fingerprint density at radius 1 is 0.800 bits per heavy atom. The molecule has 1 aromatic carbocycles. The molecule has 0 aliphatic rings. The van der Waals surface area contributed by atoms with Gasteiger partial charge in [-0.1, -0.05) is 36.8 Å². The Kier molecular flexibility index (Phi) is 14.2. The second kappa shape index (κ2) is 16.6. The third-order valence-electron chi connectivity index (χ3n) is 5.53. The van der Waals surface area contributed by atoms with E-state index in [-0.39, 0.29) is 6.42 Å². The molecule has 35 heavy (non-hydrogen) atoms. The van der Waals surface area contributed by atoms with Gasteiger partial charge in [-0.05, 0) is 57.7 Å². The fourth-order valence-corrected chi connectivity index (χ4v) is 3.39. The Balaban J connectivity index is 2.98. The van der Waals surface area contributed by atoms with Crippen molar-refractivity contribution in [1.29, 1.82) is 0 Å². The number of carbonyl (C=O) groups excluding carboxylic acids is 3. The molecule has 0 heterocycles. The van der Waals surface area contributed by atoms with Crippen LogP contribution in [0.1, 0.15) is 51.0 Å². The van der Waals surface area contributed by atoms with Crippen molar-refractivity contribution >= 4 is 23.7 Å². The molecule has 196 valence electrons. The molecule has 0 aromatic heterocycles. The summed E-state index contributed by atoms with van der Waals surface area (Å²) < 4.78 is 0. The van der Waals surface area contributed by atoms with Crippen molar-refractivity contribution in [3.05, 3.63) is 35.9 Å². The van der Waals surface area contributed by atoms with Gasteiger partial charge >= 0.3 is 5.97 Å². The molecule has 11 nitrogen and oxygen atoms in total. The average molecular weight is 493 g/mol. The van der Waals surface area contributed by atoms with E-state index < -0.39 is 47.9 Å². The minimum absolute atomic E-state index is 0.146. The molecule has 1 rings (SSSR count). The Morgan fingerprint density at radius 3 is 1.91 bits per heavy atom. The number of hydrogen-bond acceptors (Lipinski definition) is 7. The van der Waals surface area contributed by atoms with Crippen LogP contribution in [-0.4, -0.2) is 66.1 Å². The molecule has 0 saturated carbocycles. The van der Waals surface area contributed by atoms with Gasteiger partial charge in [0.15, 0.2) is 0 Å². The smallest absolute Gasteiger partial charge is 0.325 e. The standard InChI is InChI=1S/C24H40N6O5/c1-16(24(34)35)28-23(33)20(15-17-9-3-2-4-10-17)30-22(32)19(12-6-8-14-26)29-21(31)18(27)11-5-7-13-25/h2-4,9-10,16,18-20H,5-8,11-15,25-27H2,1H3,(H,28,33)(H,29,31)(H,30,32)(H,34,35)/t16-,18-,19-,20-/m0/s1. The zero-order valence-corrected chi connectivity index (χ0v) is 20.4. The summed E-state index contributed by atoms with van der Waals surface area (Å²) in [4.78, 5) is 49.8. The number of rotatable bonds is 17. The molecule has 0 aliphatic carbocycles. The molecule has 0 spiro atoms. The summed E-state index contributed by atoms with van der Waals surface area (Å²) in [5, 5.41) is 16.9. The summed E-state index contributed by atoms with van der Waals surface area (Å²) in [6.45, 7) is 2.28. The summed E-state index contributed by atoms with van der Waals surface area (Å²) in [7, 11) is 0. The molecule has 4 atom stereocenters. The molecule has 3 amide bonds. The second-order valence-electron chi connectivity index (χ2n) is 8.56. The molecular weight excluding hydrogens is 452 g/mol. The van der Waals surface area contributed by atoms with Crippen LogP contribution in [0, 0.1) is 0 Å². The fourth-order valence-electron chi connectivity index (χ4n) is 3.39. The van der Waals surface area contributed by atoms with Crippen LogP contribution in [0.5, 0.6) is 0 Å². The third-order valence-corrected chi connectivity index (χ3v) is 5.53. The first-order valence-corrected chi connectivity index (χ1v) is 12.0. The Bertz CT molecular complexity index is 807. The van der Waals surface area contributed by atoms with E-state index in [4.69, 9.17) is 22.3 Å². The van der Waals surface area contributed by atoms with Gasteiger partial charge in [-0.3, -0.25) is 19.2 Å². The lowest BCUT2D eigenvalue weighted by Crippen LogP contribution is -2.57. The lowest BCUT2D eigenvalue weighted by molar-refractivity contribution is -0.141. The number of carboxylic acids is 1. The van der Waals surface area contributed by atoms with Gasteiger partial charge < -0.3 is 38.3 Å². The minimum Gasteiger partial charge on any atom is -0.480 e. The molecule has 0 radical (unpaired) electrons. The fraction of sp³-hybridized carbons (Fsp3) is 0.583. The number of nitrogens with two attached hydrogens (primary N) is 3. The number of hydrogen-bond donors (Lipinski definition) is 7. The Hall–Kier alpha value is -3.02. The molecule has 0 fully saturated rings. The zero-order valence-electron chi connectivity index (χ0n) is 20.4. The molecule has 0 unspecified atom stereocenters. The third kappa shape index (κ3) is 11.8. The number of nitrogens with one attached hydrogen (secondary N) is 3. The summed E-state index contributed by atoms with van der Waals surface area (Å²) in [5.41, 5.74) is 17.8. The lowest BCUT2D eigenvalue weighted by atomic mass is 10.0. The van der Waals surface area contributed by atoms with Crippen molar-refractivity contribution in [1.82, 2.24) is 16.0 Å². The van der Waals surface area contributed by atoms with Gasteiger partial charge in [0.25, 0.3) is 0 Å². The van der Waals surface area contributed by atoms with Gasteiger partial charge in [0.05, 0.1) is 6.04 Å². The highest BCUT2D eigenvalue weighted by Crippen LogP contribution is 2.08. The molecule has 1 aromatic rings. The Morgan fingerprint density at radius 2 is 1.34 bits per heavy atom. The van der Waals surface area contributed by atoms with Crippen LogP contribution < -0.4 is 33.2 Å². The van der Waals surface area contributed by atoms with Crippen LogP contribution in [0.2, 0.25) is 0 Å². The maximum atomic E-state index is 13.2. The second-order valence-corrected chi connectivity index (χ2v) is 8.56. The SMILES string of the molecule is C[C@H](NC(=O)[C@H](Cc1ccccc1)NC(=O)[C@H](CCCCN)NC(=O)[C@@H](N)CCCCN)C(=O)O. The average Bonchev–Trinajstić information content (AvgIpc) is 2.83. The van der Waals surface area contributed by atoms with Crippen LogP contribution in [0.3, 0.4) is 0 Å². The van der Waals surface area contributed by atoms with Crippen LogP contribution in [0.4, 0.5) is 0 Å². The maximum absolute atomic E-state index is 13.2. The number of benzene rings is 1. The van der Waals surface area contributed by atoms with Gasteiger partial charge in [0.2, 0.25) is 17.7 Å². The van der Waals surface area contributed by atoms with Crippen molar-refractivity contribution in [3.8, 4) is 0 Å². The van der Waals surface area contributed by atoms with E-state index in [0.29, 0.717) is 45.2 Å². The van der Waals surface area contributed by atoms with E-state index in [0.717, 1.165) is 12.0 Å². The van der Waals surface area contributed by atoms with Gasteiger partial charge in [-0.15, -0.1) is 0 Å². The van der Waals surface area contributed by atoms with Crippen LogP contribution >= 0.6 is 0 Å². The van der Waals surface area contributed by atoms with Crippen molar-refractivity contribution in [2.45, 2.75) is 76.0 Å². The summed E-state index contributed by atoms with van der Waals surface area (Å²) in [6.07, 6.45) is 3.58. The van der Waals surface area contributed by atoms with Gasteiger partial charge in [-0.2, -0.15) is 0 Å². The van der Waals surface area contributed by atoms with E-state index in [1.807, 2.05) is 6.07 Å². The lowest BCUT2D eigenvalue weighted by Gasteiger charge is -2.25. The first-order chi connectivity index (χ1) is 16.7. The summed E-state index contributed by atoms with van der Waals surface area (Å²) >= 11 is 0. The number of unbranched alkanes of at least 4 members (excludes halogenated alkanes) is 2. The molecule has 11 heteroatoms.